The predicted octanol–water partition coefficient (Wildman–Crippen LogP) is 4.67. The maximum atomic E-state index is 12.2. The van der Waals surface area contributed by atoms with Crippen molar-refractivity contribution in [2.75, 3.05) is 6.61 Å². The Morgan fingerprint density at radius 3 is 1.75 bits per heavy atom. The highest BCUT2D eigenvalue weighted by Crippen LogP contribution is 2.37. The minimum Gasteiger partial charge on any atom is -0.461 e. The van der Waals surface area contributed by atoms with Crippen LogP contribution >= 0.6 is 0 Å². The van der Waals surface area contributed by atoms with Crippen LogP contribution in [0.1, 0.15) is 48.5 Å². The van der Waals surface area contributed by atoms with E-state index in [0.29, 0.717) is 0 Å². The van der Waals surface area contributed by atoms with E-state index in [4.69, 9.17) is 9.16 Å². The summed E-state index contributed by atoms with van der Waals surface area (Å²) < 4.78 is 12.2. The van der Waals surface area contributed by atoms with E-state index in [1.165, 1.54) is 0 Å². The third-order valence-electron chi connectivity index (χ3n) is 5.36. The number of benzene rings is 2. The van der Waals surface area contributed by atoms with Crippen LogP contribution in [0.2, 0.25) is 5.04 Å². The first-order valence-corrected chi connectivity index (χ1v) is 12.9. The van der Waals surface area contributed by atoms with Gasteiger partial charge in [-0.3, -0.25) is 4.79 Å². The molecule has 2 rings (SSSR count). The number of hydrogen-bond acceptors (Lipinski definition) is 4. The SMILES string of the molecule is C/C(=C\[C@H](C=O)O[Si](c1ccccc1)(c1ccccc1)C(C)(C)C)COC(=O)C(C)(C)C. The number of esters is 1. The smallest absolute Gasteiger partial charge is 0.311 e. The summed E-state index contributed by atoms with van der Waals surface area (Å²) in [6.07, 6.45) is 1.84. The standard InChI is InChI=1S/C27H36O4Si/c1-21(20-30-25(29)26(2,3)4)18-22(19-28)31-32(27(5,6)7,23-14-10-8-11-15-23)24-16-12-9-13-17-24/h8-19,22H,20H2,1-7H3/b21-18+/t22-/m1/s1. The fourth-order valence-corrected chi connectivity index (χ4v) is 8.27. The van der Waals surface area contributed by atoms with Crippen LogP contribution in [0, 0.1) is 5.41 Å². The van der Waals surface area contributed by atoms with Crippen LogP contribution in [-0.2, 0) is 18.8 Å². The summed E-state index contributed by atoms with van der Waals surface area (Å²) in [5.41, 5.74) is 0.202. The van der Waals surface area contributed by atoms with Crippen molar-refractivity contribution in [3.63, 3.8) is 0 Å². The van der Waals surface area contributed by atoms with E-state index >= 15 is 0 Å². The monoisotopic (exact) mass is 452 g/mol. The summed E-state index contributed by atoms with van der Waals surface area (Å²) in [6, 6.07) is 20.4. The zero-order valence-corrected chi connectivity index (χ0v) is 21.3. The van der Waals surface area contributed by atoms with Gasteiger partial charge in [0, 0.05) is 0 Å². The molecule has 2 aromatic carbocycles. The lowest BCUT2D eigenvalue weighted by Gasteiger charge is -2.44. The van der Waals surface area contributed by atoms with Gasteiger partial charge in [-0.2, -0.15) is 0 Å². The van der Waals surface area contributed by atoms with Gasteiger partial charge in [0.05, 0.1) is 5.41 Å². The first kappa shape index (κ1) is 25.8. The number of carbonyl (C=O) groups is 2. The highest BCUT2D eigenvalue weighted by molar-refractivity contribution is 6.99. The van der Waals surface area contributed by atoms with Crippen molar-refractivity contribution in [2.45, 2.75) is 59.6 Å². The van der Waals surface area contributed by atoms with Crippen molar-refractivity contribution in [2.24, 2.45) is 5.41 Å². The lowest BCUT2D eigenvalue weighted by atomic mass is 9.97. The fourth-order valence-electron chi connectivity index (χ4n) is 3.72. The van der Waals surface area contributed by atoms with Crippen LogP contribution in [0.3, 0.4) is 0 Å². The summed E-state index contributed by atoms with van der Waals surface area (Å²) in [7, 11) is -2.86. The van der Waals surface area contributed by atoms with Crippen molar-refractivity contribution >= 4 is 30.9 Å². The molecular formula is C27H36O4Si. The zero-order valence-electron chi connectivity index (χ0n) is 20.3. The van der Waals surface area contributed by atoms with Gasteiger partial charge in [0.2, 0.25) is 0 Å². The molecule has 0 aliphatic rings. The van der Waals surface area contributed by atoms with Gasteiger partial charge in [-0.25, -0.2) is 0 Å². The molecule has 5 heteroatoms. The molecule has 0 saturated heterocycles. The molecule has 172 valence electrons. The first-order valence-electron chi connectivity index (χ1n) is 11.0. The molecule has 0 aromatic heterocycles. The van der Waals surface area contributed by atoms with Crippen LogP contribution in [0.15, 0.2) is 72.3 Å². The molecule has 0 bridgehead atoms. The first-order chi connectivity index (χ1) is 14.9. The summed E-state index contributed by atoms with van der Waals surface area (Å²) >= 11 is 0. The zero-order chi connectivity index (χ0) is 24.0. The second-order valence-electron chi connectivity index (χ2n) is 10.2. The highest BCUT2D eigenvalue weighted by Gasteiger charge is 2.51. The van der Waals surface area contributed by atoms with Crippen LogP contribution in [-0.4, -0.2) is 33.3 Å². The van der Waals surface area contributed by atoms with E-state index < -0.39 is 19.8 Å². The Kier molecular flexibility index (Phi) is 8.38. The van der Waals surface area contributed by atoms with Gasteiger partial charge in [0.1, 0.15) is 12.7 Å². The minimum absolute atomic E-state index is 0.130. The molecule has 4 nitrogen and oxygen atoms in total. The summed E-state index contributed by atoms with van der Waals surface area (Å²) in [6.45, 7) is 13.9. The average molecular weight is 453 g/mol. The number of aldehydes is 1. The van der Waals surface area contributed by atoms with E-state index in [0.717, 1.165) is 22.2 Å². The quantitative estimate of drug-likeness (QED) is 0.253. The summed E-state index contributed by atoms with van der Waals surface area (Å²) in [5, 5.41) is 1.98. The molecule has 0 aliphatic heterocycles. The lowest BCUT2D eigenvalue weighted by molar-refractivity contribution is -0.151. The normalized spacial score (nSPS) is 14.0. The van der Waals surface area contributed by atoms with E-state index in [1.807, 2.05) is 64.1 Å². The van der Waals surface area contributed by atoms with Crippen molar-refractivity contribution in [1.82, 2.24) is 0 Å². The van der Waals surface area contributed by atoms with Crippen LogP contribution in [0.4, 0.5) is 0 Å². The predicted molar refractivity (Wildman–Crippen MR) is 133 cm³/mol. The molecule has 0 radical (unpaired) electrons. The molecule has 0 heterocycles. The molecule has 32 heavy (non-hydrogen) atoms. The Labute approximate surface area is 193 Å². The van der Waals surface area contributed by atoms with Crippen molar-refractivity contribution < 1.29 is 18.8 Å². The third-order valence-corrected chi connectivity index (χ3v) is 10.4. The molecule has 2 aromatic rings. The number of carbonyl (C=O) groups excluding carboxylic acids is 2. The second-order valence-corrected chi connectivity index (χ2v) is 14.5. The Bertz CT molecular complexity index is 882. The van der Waals surface area contributed by atoms with Crippen LogP contribution in [0.25, 0.3) is 0 Å². The van der Waals surface area contributed by atoms with Gasteiger partial charge in [-0.1, -0.05) is 81.4 Å². The van der Waals surface area contributed by atoms with Crippen LogP contribution in [0.5, 0.6) is 0 Å². The topological polar surface area (TPSA) is 52.6 Å². The Hall–Kier alpha value is -2.50. The lowest BCUT2D eigenvalue weighted by Crippen LogP contribution is -2.67. The van der Waals surface area contributed by atoms with Crippen molar-refractivity contribution in [3.05, 3.63) is 72.3 Å². The van der Waals surface area contributed by atoms with E-state index in [2.05, 4.69) is 45.0 Å². The molecule has 0 amide bonds. The number of rotatable bonds is 8. The van der Waals surface area contributed by atoms with Gasteiger partial charge in [0.15, 0.2) is 6.29 Å². The maximum Gasteiger partial charge on any atom is 0.311 e. The largest absolute Gasteiger partial charge is 0.461 e. The van der Waals surface area contributed by atoms with Crippen LogP contribution < -0.4 is 10.4 Å². The van der Waals surface area contributed by atoms with E-state index in [-0.39, 0.29) is 17.6 Å². The Balaban J connectivity index is 2.46. The highest BCUT2D eigenvalue weighted by atomic mass is 28.4. The molecular weight excluding hydrogens is 416 g/mol. The maximum absolute atomic E-state index is 12.2. The molecule has 0 saturated carbocycles. The third kappa shape index (κ3) is 6.05. The van der Waals surface area contributed by atoms with E-state index in [9.17, 15) is 9.59 Å². The van der Waals surface area contributed by atoms with Gasteiger partial charge in [-0.05, 0) is 54.8 Å². The fraction of sp³-hybridized carbons (Fsp3) is 0.407. The molecule has 0 N–H and O–H groups in total. The molecule has 0 fully saturated rings. The molecule has 0 spiro atoms. The average Bonchev–Trinajstić information content (AvgIpc) is 2.74. The number of ether oxygens (including phenoxy) is 1. The Morgan fingerprint density at radius 1 is 0.906 bits per heavy atom. The molecule has 0 aliphatic carbocycles. The Morgan fingerprint density at radius 2 is 1.38 bits per heavy atom. The molecule has 0 unspecified atom stereocenters. The minimum atomic E-state index is -2.86. The van der Waals surface area contributed by atoms with Gasteiger partial charge in [-0.15, -0.1) is 0 Å². The van der Waals surface area contributed by atoms with Crippen molar-refractivity contribution in [1.29, 1.82) is 0 Å². The molecule has 1 atom stereocenters. The van der Waals surface area contributed by atoms with Gasteiger partial charge < -0.3 is 14.0 Å². The van der Waals surface area contributed by atoms with E-state index in [1.54, 1.807) is 6.08 Å². The van der Waals surface area contributed by atoms with Gasteiger partial charge >= 0.3 is 5.97 Å². The van der Waals surface area contributed by atoms with Crippen molar-refractivity contribution in [3.8, 4) is 0 Å². The number of hydrogen-bond donors (Lipinski definition) is 0. The summed E-state index contributed by atoms with van der Waals surface area (Å²) in [5.74, 6) is -0.277. The van der Waals surface area contributed by atoms with Gasteiger partial charge in [0.25, 0.3) is 8.32 Å². The summed E-state index contributed by atoms with van der Waals surface area (Å²) in [4.78, 5) is 24.3. The second kappa shape index (κ2) is 10.4.